The highest BCUT2D eigenvalue weighted by Crippen LogP contribution is 2.17. The summed E-state index contributed by atoms with van der Waals surface area (Å²) in [4.78, 5) is 22.9. The van der Waals surface area contributed by atoms with Crippen LogP contribution < -0.4 is 5.32 Å². The lowest BCUT2D eigenvalue weighted by molar-refractivity contribution is -0.148. The van der Waals surface area contributed by atoms with Crippen molar-refractivity contribution >= 4 is 11.9 Å². The van der Waals surface area contributed by atoms with Gasteiger partial charge < -0.3 is 10.1 Å². The Morgan fingerprint density at radius 2 is 0.850 bits per heavy atom. The molecule has 1 amide bonds. The Morgan fingerprint density at radius 3 is 1.12 bits per heavy atom. The number of hydrogen-bond acceptors (Lipinski definition) is 3. The highest BCUT2D eigenvalue weighted by Gasteiger charge is 2.24. The molecule has 0 unspecified atom stereocenters. The molecule has 1 atom stereocenters. The van der Waals surface area contributed by atoms with Gasteiger partial charge in [0.2, 0.25) is 5.91 Å². The molecule has 0 aliphatic carbocycles. The van der Waals surface area contributed by atoms with E-state index in [9.17, 15) is 9.59 Å². The molecule has 1 aliphatic heterocycles. The van der Waals surface area contributed by atoms with Gasteiger partial charge in [0, 0.05) is 6.42 Å². The predicted molar refractivity (Wildman–Crippen MR) is 172 cm³/mol. The Morgan fingerprint density at radius 1 is 0.550 bits per heavy atom. The summed E-state index contributed by atoms with van der Waals surface area (Å²) in [5, 5.41) is 2.70. The lowest BCUT2D eigenvalue weighted by atomic mass is 10.0. The van der Waals surface area contributed by atoms with Gasteiger partial charge >= 0.3 is 5.97 Å². The van der Waals surface area contributed by atoms with Gasteiger partial charge in [0.25, 0.3) is 0 Å². The van der Waals surface area contributed by atoms with Crippen molar-refractivity contribution in [1.82, 2.24) is 5.32 Å². The monoisotopic (exact) mass is 564 g/mol. The summed E-state index contributed by atoms with van der Waals surface area (Å²) in [6, 6.07) is 0. The maximum atomic E-state index is 11.8. The number of carbonyl (C=O) groups excluding carboxylic acids is 2. The quantitative estimate of drug-likeness (QED) is 0.0674. The lowest BCUT2D eigenvalue weighted by Gasteiger charge is -2.09. The van der Waals surface area contributed by atoms with Gasteiger partial charge in [-0.05, 0) is 6.42 Å². The van der Waals surface area contributed by atoms with E-state index in [2.05, 4.69) is 12.2 Å². The van der Waals surface area contributed by atoms with Gasteiger partial charge in [-0.3, -0.25) is 9.59 Å². The molecule has 1 aliphatic rings. The van der Waals surface area contributed by atoms with Crippen LogP contribution in [0.5, 0.6) is 0 Å². The number of ether oxygens (including phenoxy) is 1. The van der Waals surface area contributed by atoms with Gasteiger partial charge in [-0.1, -0.05) is 187 Å². The molecule has 4 heteroatoms. The zero-order chi connectivity index (χ0) is 28.8. The second kappa shape index (κ2) is 29.4. The van der Waals surface area contributed by atoms with E-state index in [-0.39, 0.29) is 18.0 Å². The van der Waals surface area contributed by atoms with Crippen LogP contribution >= 0.6 is 0 Å². The number of unbranched alkanes of at least 4 members (excludes halogenated alkanes) is 28. The largest absolute Gasteiger partial charge is 0.460 e. The van der Waals surface area contributed by atoms with E-state index < -0.39 is 0 Å². The second-order valence-electron chi connectivity index (χ2n) is 12.8. The molecule has 0 radical (unpaired) electrons. The highest BCUT2D eigenvalue weighted by molar-refractivity contribution is 5.79. The van der Waals surface area contributed by atoms with Crippen molar-refractivity contribution in [2.75, 3.05) is 6.54 Å². The Hall–Kier alpha value is -1.06. The molecule has 1 saturated heterocycles. The van der Waals surface area contributed by atoms with Crippen LogP contribution in [0.1, 0.15) is 206 Å². The first-order valence-corrected chi connectivity index (χ1v) is 18.2. The number of nitrogens with one attached hydrogen (secondary N) is 1. The lowest BCUT2D eigenvalue weighted by Crippen LogP contribution is -2.20. The summed E-state index contributed by atoms with van der Waals surface area (Å²) >= 11 is 0. The molecule has 1 fully saturated rings. The molecule has 40 heavy (non-hydrogen) atoms. The minimum Gasteiger partial charge on any atom is -0.460 e. The molecule has 1 rings (SSSR count). The molecule has 236 valence electrons. The third kappa shape index (κ3) is 25.9. The maximum Gasteiger partial charge on any atom is 0.306 e. The zero-order valence-electron chi connectivity index (χ0n) is 26.9. The summed E-state index contributed by atoms with van der Waals surface area (Å²) in [6.07, 6.45) is 41.1. The fraction of sp³-hybridized carbons (Fsp3) is 0.944. The van der Waals surface area contributed by atoms with Crippen LogP contribution in [-0.4, -0.2) is 24.5 Å². The van der Waals surface area contributed by atoms with E-state index in [0.717, 1.165) is 12.8 Å². The molecule has 0 aromatic heterocycles. The Kier molecular flexibility index (Phi) is 27.2. The van der Waals surface area contributed by atoms with Gasteiger partial charge in [-0.15, -0.1) is 0 Å². The van der Waals surface area contributed by atoms with Crippen molar-refractivity contribution in [2.24, 2.45) is 0 Å². The number of carbonyl (C=O) groups is 2. The van der Waals surface area contributed by atoms with Crippen molar-refractivity contribution in [2.45, 2.75) is 212 Å². The Bertz CT molecular complexity index is 564. The van der Waals surface area contributed by atoms with E-state index >= 15 is 0 Å². The standard InChI is InChI=1S/C36H69NO3/c1-2-3-4-5-6-7-8-9-10-11-12-13-14-15-16-17-18-19-20-21-22-23-24-25-26-27-28-29-30-31-36(39)40-34-32-35(38)37-33-34/h34H,2-33H2,1H3,(H,37,38)/t34-/m1/s1. The van der Waals surface area contributed by atoms with Crippen molar-refractivity contribution in [3.05, 3.63) is 0 Å². The molecule has 0 aromatic rings. The number of esters is 1. The molecular weight excluding hydrogens is 494 g/mol. The molecule has 0 spiro atoms. The van der Waals surface area contributed by atoms with E-state index in [1.165, 1.54) is 173 Å². The number of rotatable bonds is 31. The van der Waals surface area contributed by atoms with Crippen LogP contribution in [0, 0.1) is 0 Å². The third-order valence-electron chi connectivity index (χ3n) is 8.72. The van der Waals surface area contributed by atoms with Crippen LogP contribution in [0.2, 0.25) is 0 Å². The first-order valence-electron chi connectivity index (χ1n) is 18.2. The molecule has 0 saturated carbocycles. The van der Waals surface area contributed by atoms with Crippen LogP contribution in [0.4, 0.5) is 0 Å². The summed E-state index contributed by atoms with van der Waals surface area (Å²) < 4.78 is 5.32. The first-order chi connectivity index (χ1) is 19.7. The summed E-state index contributed by atoms with van der Waals surface area (Å²) in [7, 11) is 0. The molecule has 1 N–H and O–H groups in total. The smallest absolute Gasteiger partial charge is 0.306 e. The van der Waals surface area contributed by atoms with Gasteiger partial charge in [0.1, 0.15) is 6.10 Å². The second-order valence-corrected chi connectivity index (χ2v) is 12.8. The van der Waals surface area contributed by atoms with Crippen molar-refractivity contribution in [3.8, 4) is 0 Å². The van der Waals surface area contributed by atoms with Crippen LogP contribution in [0.3, 0.4) is 0 Å². The fourth-order valence-electron chi connectivity index (χ4n) is 6.02. The van der Waals surface area contributed by atoms with Crippen molar-refractivity contribution in [1.29, 1.82) is 0 Å². The summed E-state index contributed by atoms with van der Waals surface area (Å²) in [6.45, 7) is 2.77. The molecule has 0 bridgehead atoms. The van der Waals surface area contributed by atoms with Crippen molar-refractivity contribution < 1.29 is 14.3 Å². The molecule has 4 nitrogen and oxygen atoms in total. The molecule has 0 aromatic carbocycles. The third-order valence-corrected chi connectivity index (χ3v) is 8.72. The van der Waals surface area contributed by atoms with Gasteiger partial charge in [-0.2, -0.15) is 0 Å². The van der Waals surface area contributed by atoms with Crippen molar-refractivity contribution in [3.63, 3.8) is 0 Å². The zero-order valence-corrected chi connectivity index (χ0v) is 26.9. The summed E-state index contributed by atoms with van der Waals surface area (Å²) in [5.41, 5.74) is 0. The van der Waals surface area contributed by atoms with Crippen LogP contribution in [0.15, 0.2) is 0 Å². The van der Waals surface area contributed by atoms with Gasteiger partial charge in [0.15, 0.2) is 0 Å². The summed E-state index contributed by atoms with van der Waals surface area (Å²) in [5.74, 6) is -0.162. The molecular formula is C36H69NO3. The van der Waals surface area contributed by atoms with E-state index in [0.29, 0.717) is 19.4 Å². The van der Waals surface area contributed by atoms with E-state index in [1.54, 1.807) is 0 Å². The Labute approximate surface area is 249 Å². The van der Waals surface area contributed by atoms with Crippen LogP contribution in [-0.2, 0) is 14.3 Å². The normalized spacial score (nSPS) is 15.0. The number of hydrogen-bond donors (Lipinski definition) is 1. The van der Waals surface area contributed by atoms with Gasteiger partial charge in [-0.25, -0.2) is 0 Å². The van der Waals surface area contributed by atoms with Gasteiger partial charge in [0.05, 0.1) is 13.0 Å². The SMILES string of the molecule is CCCCCCCCCCCCCCCCCCCCCCCCCCCCCCCC(=O)O[C@H]1CNC(=O)C1. The minimum absolute atomic E-state index is 0.0152. The number of amides is 1. The average molecular weight is 564 g/mol. The van der Waals surface area contributed by atoms with Crippen LogP contribution in [0.25, 0.3) is 0 Å². The predicted octanol–water partition coefficient (Wildman–Crippen LogP) is 11.1. The molecule has 1 heterocycles. The minimum atomic E-state index is -0.247. The highest BCUT2D eigenvalue weighted by atomic mass is 16.5. The topological polar surface area (TPSA) is 55.4 Å². The first kappa shape index (κ1) is 37.0. The maximum absolute atomic E-state index is 11.8. The van der Waals surface area contributed by atoms with E-state index in [1.807, 2.05) is 0 Å². The Balaban J connectivity index is 1.64. The van der Waals surface area contributed by atoms with E-state index in [4.69, 9.17) is 4.74 Å². The average Bonchev–Trinajstić information content (AvgIpc) is 3.36. The fourth-order valence-corrected chi connectivity index (χ4v) is 6.02.